The number of rotatable bonds is 6. The summed E-state index contributed by atoms with van der Waals surface area (Å²) in [6.45, 7) is 2.82. The topological polar surface area (TPSA) is 61.9 Å². The van der Waals surface area contributed by atoms with Crippen molar-refractivity contribution in [3.63, 3.8) is 0 Å². The summed E-state index contributed by atoms with van der Waals surface area (Å²) in [5.41, 5.74) is 2.63. The predicted octanol–water partition coefficient (Wildman–Crippen LogP) is 5.37. The summed E-state index contributed by atoms with van der Waals surface area (Å²) in [4.78, 5) is 29.3. The lowest BCUT2D eigenvalue weighted by Gasteiger charge is -2.36. The van der Waals surface area contributed by atoms with Crippen LogP contribution in [-0.2, 0) is 6.54 Å². The SMILES string of the molecule is COc1cccc(C(=O)Nc2cc(C)ccc2N2CCCN(Cc3ccc(F)cc3F)C2=O)c1. The van der Waals surface area contributed by atoms with Gasteiger partial charge in [-0.25, -0.2) is 13.6 Å². The Balaban J connectivity index is 1.58. The molecule has 1 saturated heterocycles. The molecule has 3 aromatic carbocycles. The van der Waals surface area contributed by atoms with Gasteiger partial charge in [0.1, 0.15) is 17.4 Å². The number of methoxy groups -OCH3 is 1. The second kappa shape index (κ2) is 9.91. The summed E-state index contributed by atoms with van der Waals surface area (Å²) in [6.07, 6.45) is 0.658. The average Bonchev–Trinajstić information content (AvgIpc) is 2.82. The van der Waals surface area contributed by atoms with Crippen molar-refractivity contribution in [2.24, 2.45) is 0 Å². The van der Waals surface area contributed by atoms with E-state index in [-0.39, 0.29) is 24.0 Å². The van der Waals surface area contributed by atoms with Gasteiger partial charge in [-0.05, 0) is 55.3 Å². The lowest BCUT2D eigenvalue weighted by atomic mass is 10.1. The van der Waals surface area contributed by atoms with E-state index in [1.807, 2.05) is 13.0 Å². The minimum absolute atomic E-state index is 0.0266. The Hall–Kier alpha value is -3.94. The van der Waals surface area contributed by atoms with Crippen LogP contribution in [0.1, 0.15) is 27.9 Å². The summed E-state index contributed by atoms with van der Waals surface area (Å²) in [6, 6.07) is 15.3. The van der Waals surface area contributed by atoms with Gasteiger partial charge >= 0.3 is 6.03 Å². The van der Waals surface area contributed by atoms with E-state index in [1.165, 1.54) is 24.1 Å². The third-order valence-corrected chi connectivity index (χ3v) is 5.71. The molecule has 1 aliphatic rings. The van der Waals surface area contributed by atoms with Crippen molar-refractivity contribution in [3.05, 3.63) is 89.0 Å². The smallest absolute Gasteiger partial charge is 0.324 e. The van der Waals surface area contributed by atoms with Crippen molar-refractivity contribution in [1.82, 2.24) is 4.90 Å². The van der Waals surface area contributed by atoms with Crippen LogP contribution in [0, 0.1) is 18.6 Å². The predicted molar refractivity (Wildman–Crippen MR) is 126 cm³/mol. The number of anilines is 2. The molecule has 6 nitrogen and oxygen atoms in total. The van der Waals surface area contributed by atoms with Crippen LogP contribution in [0.5, 0.6) is 5.75 Å². The fraction of sp³-hybridized carbons (Fsp3) is 0.231. The molecule has 1 heterocycles. The van der Waals surface area contributed by atoms with Crippen LogP contribution >= 0.6 is 0 Å². The number of amides is 3. The molecule has 0 aromatic heterocycles. The third kappa shape index (κ3) is 5.01. The Morgan fingerprint density at radius 3 is 2.65 bits per heavy atom. The van der Waals surface area contributed by atoms with Gasteiger partial charge in [0.2, 0.25) is 0 Å². The maximum absolute atomic E-state index is 14.2. The van der Waals surface area contributed by atoms with E-state index in [1.54, 1.807) is 41.3 Å². The summed E-state index contributed by atoms with van der Waals surface area (Å²) in [7, 11) is 1.53. The number of benzene rings is 3. The zero-order valence-corrected chi connectivity index (χ0v) is 19.0. The van der Waals surface area contributed by atoms with E-state index >= 15 is 0 Å². The Labute approximate surface area is 196 Å². The molecular formula is C26H25F2N3O3. The first-order valence-electron chi connectivity index (χ1n) is 10.9. The van der Waals surface area contributed by atoms with E-state index in [2.05, 4.69) is 5.32 Å². The number of halogens is 2. The van der Waals surface area contributed by atoms with Gasteiger partial charge in [0.25, 0.3) is 5.91 Å². The standard InChI is InChI=1S/C26H25F2N3O3/c1-17-7-10-24(23(13-17)29-25(32)18-5-3-6-21(14-18)34-2)31-12-4-11-30(26(31)33)16-19-8-9-20(27)15-22(19)28/h3,5-10,13-15H,4,11-12,16H2,1-2H3,(H,29,32). The number of carbonyl (C=O) groups is 2. The molecule has 0 unspecified atom stereocenters. The third-order valence-electron chi connectivity index (χ3n) is 5.71. The van der Waals surface area contributed by atoms with E-state index in [0.29, 0.717) is 42.2 Å². The first-order chi connectivity index (χ1) is 16.4. The molecule has 0 saturated carbocycles. The summed E-state index contributed by atoms with van der Waals surface area (Å²) < 4.78 is 32.6. The highest BCUT2D eigenvalue weighted by molar-refractivity contribution is 6.08. The van der Waals surface area contributed by atoms with Gasteiger partial charge in [0.05, 0.1) is 25.0 Å². The van der Waals surface area contributed by atoms with Gasteiger partial charge in [-0.1, -0.05) is 18.2 Å². The Kier molecular flexibility index (Phi) is 6.77. The van der Waals surface area contributed by atoms with Crippen LogP contribution in [0.3, 0.4) is 0 Å². The monoisotopic (exact) mass is 465 g/mol. The second-order valence-electron chi connectivity index (χ2n) is 8.15. The second-order valence-corrected chi connectivity index (χ2v) is 8.15. The Morgan fingerprint density at radius 2 is 1.88 bits per heavy atom. The van der Waals surface area contributed by atoms with Gasteiger partial charge < -0.3 is 15.0 Å². The molecule has 0 aliphatic carbocycles. The fourth-order valence-electron chi connectivity index (χ4n) is 3.95. The van der Waals surface area contributed by atoms with E-state index in [4.69, 9.17) is 4.74 Å². The van der Waals surface area contributed by atoms with E-state index in [0.717, 1.165) is 11.6 Å². The number of carbonyl (C=O) groups excluding carboxylic acids is 2. The molecule has 0 radical (unpaired) electrons. The molecule has 1 N–H and O–H groups in total. The highest BCUT2D eigenvalue weighted by Crippen LogP contribution is 2.31. The molecular weight excluding hydrogens is 440 g/mol. The zero-order chi connectivity index (χ0) is 24.2. The number of nitrogens with one attached hydrogen (secondary N) is 1. The van der Waals surface area contributed by atoms with Gasteiger partial charge in [-0.3, -0.25) is 9.69 Å². The summed E-state index contributed by atoms with van der Waals surface area (Å²) >= 11 is 0. The molecule has 1 fully saturated rings. The van der Waals surface area contributed by atoms with Gasteiger partial charge in [0, 0.05) is 30.3 Å². The number of aryl methyl sites for hydroxylation is 1. The van der Waals surface area contributed by atoms with Gasteiger partial charge in [-0.15, -0.1) is 0 Å². The molecule has 34 heavy (non-hydrogen) atoms. The normalized spacial score (nSPS) is 13.7. The maximum atomic E-state index is 14.2. The first kappa shape index (κ1) is 23.2. The van der Waals surface area contributed by atoms with E-state index < -0.39 is 11.6 Å². The number of hydrogen-bond donors (Lipinski definition) is 1. The number of hydrogen-bond acceptors (Lipinski definition) is 3. The van der Waals surface area contributed by atoms with Crippen molar-refractivity contribution in [2.75, 3.05) is 30.4 Å². The lowest BCUT2D eigenvalue weighted by Crippen LogP contribution is -2.49. The van der Waals surface area contributed by atoms with Gasteiger partial charge in [-0.2, -0.15) is 0 Å². The van der Waals surface area contributed by atoms with Crippen molar-refractivity contribution >= 4 is 23.3 Å². The van der Waals surface area contributed by atoms with Crippen molar-refractivity contribution in [1.29, 1.82) is 0 Å². The van der Waals surface area contributed by atoms with Crippen molar-refractivity contribution < 1.29 is 23.1 Å². The fourth-order valence-corrected chi connectivity index (χ4v) is 3.95. The molecule has 3 amide bonds. The van der Waals surface area contributed by atoms with Crippen molar-refractivity contribution in [2.45, 2.75) is 19.9 Å². The van der Waals surface area contributed by atoms with Crippen LogP contribution in [0.2, 0.25) is 0 Å². The molecule has 176 valence electrons. The van der Waals surface area contributed by atoms with E-state index in [9.17, 15) is 18.4 Å². The Morgan fingerprint density at radius 1 is 1.06 bits per heavy atom. The molecule has 0 bridgehead atoms. The first-order valence-corrected chi connectivity index (χ1v) is 10.9. The quantitative estimate of drug-likeness (QED) is 0.533. The van der Waals surface area contributed by atoms with Crippen LogP contribution in [-0.4, -0.2) is 37.0 Å². The molecule has 1 aliphatic heterocycles. The lowest BCUT2D eigenvalue weighted by molar-refractivity contribution is 0.102. The average molecular weight is 466 g/mol. The number of urea groups is 1. The minimum atomic E-state index is -0.688. The van der Waals surface area contributed by atoms with Crippen LogP contribution in [0.4, 0.5) is 25.0 Å². The van der Waals surface area contributed by atoms with Gasteiger partial charge in [0.15, 0.2) is 0 Å². The zero-order valence-electron chi connectivity index (χ0n) is 19.0. The van der Waals surface area contributed by atoms with Crippen LogP contribution < -0.4 is 15.0 Å². The highest BCUT2D eigenvalue weighted by Gasteiger charge is 2.29. The molecule has 3 aromatic rings. The highest BCUT2D eigenvalue weighted by atomic mass is 19.1. The minimum Gasteiger partial charge on any atom is -0.497 e. The molecule has 0 atom stereocenters. The number of ether oxygens (including phenoxy) is 1. The van der Waals surface area contributed by atoms with Crippen LogP contribution in [0.15, 0.2) is 60.7 Å². The molecule has 4 rings (SSSR count). The molecule has 8 heteroatoms. The van der Waals surface area contributed by atoms with Crippen molar-refractivity contribution in [3.8, 4) is 5.75 Å². The van der Waals surface area contributed by atoms with Crippen LogP contribution in [0.25, 0.3) is 0 Å². The largest absolute Gasteiger partial charge is 0.497 e. The summed E-state index contributed by atoms with van der Waals surface area (Å²) in [5.74, 6) is -1.12. The number of nitrogens with zero attached hydrogens (tertiary/aromatic N) is 2. The molecule has 0 spiro atoms. The maximum Gasteiger partial charge on any atom is 0.324 e. The summed E-state index contributed by atoms with van der Waals surface area (Å²) in [5, 5.41) is 2.91. The Bertz CT molecular complexity index is 1230.